The van der Waals surface area contributed by atoms with Gasteiger partial charge < -0.3 is 4.74 Å². The third-order valence-electron chi connectivity index (χ3n) is 3.11. The topological polar surface area (TPSA) is 12.5 Å². The third-order valence-corrected chi connectivity index (χ3v) is 3.11. The SMILES string of the molecule is C#CCN1CCC2OCCCC2C1. The van der Waals surface area contributed by atoms with E-state index in [-0.39, 0.29) is 0 Å². The zero-order valence-electron chi connectivity index (χ0n) is 8.04. The molecule has 0 aliphatic carbocycles. The molecule has 2 heteroatoms. The second-order valence-corrected chi connectivity index (χ2v) is 4.04. The van der Waals surface area contributed by atoms with Crippen molar-refractivity contribution in [1.29, 1.82) is 0 Å². The summed E-state index contributed by atoms with van der Waals surface area (Å²) < 4.78 is 5.73. The molecule has 0 amide bonds. The number of hydrogen-bond donors (Lipinski definition) is 0. The highest BCUT2D eigenvalue weighted by atomic mass is 16.5. The lowest BCUT2D eigenvalue weighted by molar-refractivity contribution is -0.0639. The molecular weight excluding hydrogens is 162 g/mol. The maximum atomic E-state index is 5.73. The van der Waals surface area contributed by atoms with E-state index in [1.54, 1.807) is 0 Å². The summed E-state index contributed by atoms with van der Waals surface area (Å²) in [5.74, 6) is 3.46. The second kappa shape index (κ2) is 4.13. The fourth-order valence-corrected chi connectivity index (χ4v) is 2.44. The highest BCUT2D eigenvalue weighted by molar-refractivity contribution is 4.92. The Kier molecular flexibility index (Phi) is 2.87. The lowest BCUT2D eigenvalue weighted by Crippen LogP contribution is -2.46. The van der Waals surface area contributed by atoms with Crippen LogP contribution < -0.4 is 0 Å². The minimum absolute atomic E-state index is 0.530. The molecule has 2 nitrogen and oxygen atoms in total. The highest BCUT2D eigenvalue weighted by Gasteiger charge is 2.31. The van der Waals surface area contributed by atoms with Crippen molar-refractivity contribution < 1.29 is 4.74 Å². The van der Waals surface area contributed by atoms with Crippen LogP contribution in [0.3, 0.4) is 0 Å². The van der Waals surface area contributed by atoms with Crippen LogP contribution in [0.5, 0.6) is 0 Å². The molecule has 0 spiro atoms. The normalized spacial score (nSPS) is 35.0. The van der Waals surface area contributed by atoms with Crippen molar-refractivity contribution in [3.8, 4) is 12.3 Å². The van der Waals surface area contributed by atoms with Gasteiger partial charge in [0.15, 0.2) is 0 Å². The average Bonchev–Trinajstić information content (AvgIpc) is 2.18. The Morgan fingerprint density at radius 2 is 2.38 bits per heavy atom. The smallest absolute Gasteiger partial charge is 0.0627 e. The molecule has 0 saturated carbocycles. The molecule has 2 aliphatic rings. The predicted octanol–water partition coefficient (Wildman–Crippen LogP) is 1.12. The van der Waals surface area contributed by atoms with Crippen LogP contribution in [-0.4, -0.2) is 37.2 Å². The first kappa shape index (κ1) is 9.05. The van der Waals surface area contributed by atoms with E-state index in [0.717, 1.165) is 32.2 Å². The van der Waals surface area contributed by atoms with Crippen LogP contribution in [0, 0.1) is 18.3 Å². The van der Waals surface area contributed by atoms with Crippen LogP contribution in [-0.2, 0) is 4.74 Å². The molecule has 72 valence electrons. The first-order chi connectivity index (χ1) is 6.40. The van der Waals surface area contributed by atoms with Gasteiger partial charge in [0.25, 0.3) is 0 Å². The molecule has 2 unspecified atom stereocenters. The van der Waals surface area contributed by atoms with Crippen LogP contribution in [0.25, 0.3) is 0 Å². The summed E-state index contributed by atoms with van der Waals surface area (Å²) in [6, 6.07) is 0. The summed E-state index contributed by atoms with van der Waals surface area (Å²) in [5.41, 5.74) is 0. The Labute approximate surface area is 80.2 Å². The number of likely N-dealkylation sites (tertiary alicyclic amines) is 1. The predicted molar refractivity (Wildman–Crippen MR) is 52.4 cm³/mol. The third kappa shape index (κ3) is 2.04. The van der Waals surface area contributed by atoms with Gasteiger partial charge in [-0.2, -0.15) is 0 Å². The summed E-state index contributed by atoms with van der Waals surface area (Å²) in [6.07, 6.45) is 9.56. The fourth-order valence-electron chi connectivity index (χ4n) is 2.44. The maximum Gasteiger partial charge on any atom is 0.0627 e. The first-order valence-corrected chi connectivity index (χ1v) is 5.17. The summed E-state index contributed by atoms with van der Waals surface area (Å²) in [4.78, 5) is 2.37. The summed E-state index contributed by atoms with van der Waals surface area (Å²) in [7, 11) is 0. The van der Waals surface area contributed by atoms with E-state index < -0.39 is 0 Å². The largest absolute Gasteiger partial charge is 0.378 e. The van der Waals surface area contributed by atoms with Gasteiger partial charge in [0, 0.05) is 19.7 Å². The quantitative estimate of drug-likeness (QED) is 0.559. The number of ether oxygens (including phenoxy) is 1. The molecule has 13 heavy (non-hydrogen) atoms. The van der Waals surface area contributed by atoms with Crippen molar-refractivity contribution in [2.24, 2.45) is 5.92 Å². The first-order valence-electron chi connectivity index (χ1n) is 5.17. The molecule has 0 N–H and O–H groups in total. The summed E-state index contributed by atoms with van der Waals surface area (Å²) >= 11 is 0. The van der Waals surface area contributed by atoms with E-state index in [4.69, 9.17) is 11.2 Å². The zero-order valence-corrected chi connectivity index (χ0v) is 8.04. The number of terminal acetylenes is 1. The Bertz CT molecular complexity index is 209. The molecule has 0 aromatic carbocycles. The summed E-state index contributed by atoms with van der Waals surface area (Å²) in [6.45, 7) is 4.04. The van der Waals surface area contributed by atoms with Crippen LogP contribution in [0.1, 0.15) is 19.3 Å². The van der Waals surface area contributed by atoms with Gasteiger partial charge >= 0.3 is 0 Å². The monoisotopic (exact) mass is 179 g/mol. The van der Waals surface area contributed by atoms with Gasteiger partial charge in [-0.25, -0.2) is 0 Å². The molecule has 2 aliphatic heterocycles. The molecular formula is C11H17NO. The van der Waals surface area contributed by atoms with Gasteiger partial charge in [-0.1, -0.05) is 5.92 Å². The van der Waals surface area contributed by atoms with Gasteiger partial charge in [0.2, 0.25) is 0 Å². The molecule has 2 atom stereocenters. The van der Waals surface area contributed by atoms with Crippen LogP contribution in [0.4, 0.5) is 0 Å². The van der Waals surface area contributed by atoms with Crippen molar-refractivity contribution in [1.82, 2.24) is 4.90 Å². The number of hydrogen-bond acceptors (Lipinski definition) is 2. The van der Waals surface area contributed by atoms with Gasteiger partial charge in [-0.3, -0.25) is 4.90 Å². The number of fused-ring (bicyclic) bond motifs is 1. The number of nitrogens with zero attached hydrogens (tertiary/aromatic N) is 1. The van der Waals surface area contributed by atoms with Gasteiger partial charge in [0.1, 0.15) is 0 Å². The zero-order chi connectivity index (χ0) is 9.10. The maximum absolute atomic E-state index is 5.73. The van der Waals surface area contributed by atoms with E-state index in [0.29, 0.717) is 6.10 Å². The Hall–Kier alpha value is -0.520. The van der Waals surface area contributed by atoms with Gasteiger partial charge in [0.05, 0.1) is 12.6 Å². The molecule has 0 bridgehead atoms. The standard InChI is InChI=1S/C11H17NO/c1-2-6-12-7-5-11-10(9-12)4-3-8-13-11/h1,10-11H,3-9H2. The summed E-state index contributed by atoms with van der Waals surface area (Å²) in [5, 5.41) is 0. The van der Waals surface area contributed by atoms with E-state index >= 15 is 0 Å². The van der Waals surface area contributed by atoms with E-state index in [1.807, 2.05) is 0 Å². The van der Waals surface area contributed by atoms with E-state index in [9.17, 15) is 0 Å². The lowest BCUT2D eigenvalue weighted by atomic mass is 9.88. The van der Waals surface area contributed by atoms with Crippen LogP contribution >= 0.6 is 0 Å². The van der Waals surface area contributed by atoms with Crippen molar-refractivity contribution in [3.05, 3.63) is 0 Å². The molecule has 0 aromatic heterocycles. The van der Waals surface area contributed by atoms with Crippen molar-refractivity contribution in [2.75, 3.05) is 26.2 Å². The Balaban J connectivity index is 1.88. The Morgan fingerprint density at radius 1 is 1.46 bits per heavy atom. The molecule has 0 radical (unpaired) electrons. The number of rotatable bonds is 1. The Morgan fingerprint density at radius 3 is 3.23 bits per heavy atom. The molecule has 2 rings (SSSR count). The van der Waals surface area contributed by atoms with Crippen LogP contribution in [0.15, 0.2) is 0 Å². The molecule has 2 saturated heterocycles. The minimum Gasteiger partial charge on any atom is -0.378 e. The van der Waals surface area contributed by atoms with Crippen molar-refractivity contribution >= 4 is 0 Å². The van der Waals surface area contributed by atoms with Crippen molar-refractivity contribution in [2.45, 2.75) is 25.4 Å². The molecule has 2 heterocycles. The average molecular weight is 179 g/mol. The molecule has 0 aromatic rings. The number of piperidine rings is 1. The van der Waals surface area contributed by atoms with E-state index in [2.05, 4.69) is 10.8 Å². The lowest BCUT2D eigenvalue weighted by Gasteiger charge is -2.40. The van der Waals surface area contributed by atoms with Gasteiger partial charge in [-0.15, -0.1) is 6.42 Å². The minimum atomic E-state index is 0.530. The highest BCUT2D eigenvalue weighted by Crippen LogP contribution is 2.27. The van der Waals surface area contributed by atoms with E-state index in [1.165, 1.54) is 19.3 Å². The second-order valence-electron chi connectivity index (χ2n) is 4.04. The molecule has 2 fully saturated rings. The fraction of sp³-hybridized carbons (Fsp3) is 0.818. The van der Waals surface area contributed by atoms with Crippen LogP contribution in [0.2, 0.25) is 0 Å². The van der Waals surface area contributed by atoms with Crippen molar-refractivity contribution in [3.63, 3.8) is 0 Å². The van der Waals surface area contributed by atoms with Gasteiger partial charge in [-0.05, 0) is 25.2 Å².